The van der Waals surface area contributed by atoms with Crippen molar-refractivity contribution in [3.05, 3.63) is 46.2 Å². The van der Waals surface area contributed by atoms with E-state index >= 15 is 0 Å². The lowest BCUT2D eigenvalue weighted by Crippen LogP contribution is -2.14. The van der Waals surface area contributed by atoms with Crippen LogP contribution in [0.5, 0.6) is 0 Å². The van der Waals surface area contributed by atoms with Crippen LogP contribution in [0.25, 0.3) is 22.1 Å². The Morgan fingerprint density at radius 1 is 1.29 bits per heavy atom. The van der Waals surface area contributed by atoms with Gasteiger partial charge in [-0.15, -0.1) is 0 Å². The molecule has 0 fully saturated rings. The molecule has 0 atom stereocenters. The Bertz CT molecular complexity index is 797. The molecule has 2 N–H and O–H groups in total. The first-order chi connectivity index (χ1) is 8.18. The Balaban J connectivity index is 2.53. The molecule has 17 heavy (non-hydrogen) atoms. The number of aromatic carboxylic acids is 1. The molecular weight excluding hydrogens is 222 g/mol. The van der Waals surface area contributed by atoms with Crippen LogP contribution in [-0.4, -0.2) is 16.1 Å². The zero-order chi connectivity index (χ0) is 12.0. The molecule has 0 bridgehead atoms. The molecule has 2 aromatic heterocycles. The van der Waals surface area contributed by atoms with E-state index in [1.165, 1.54) is 6.20 Å². The van der Waals surface area contributed by atoms with E-state index in [2.05, 4.69) is 4.98 Å². The van der Waals surface area contributed by atoms with E-state index in [0.29, 0.717) is 11.1 Å². The Morgan fingerprint density at radius 3 is 2.82 bits per heavy atom. The second kappa shape index (κ2) is 3.21. The van der Waals surface area contributed by atoms with E-state index in [0.717, 1.165) is 5.39 Å². The Labute approximate surface area is 94.3 Å². The minimum absolute atomic E-state index is 0.0473. The second-order valence-corrected chi connectivity index (χ2v) is 3.64. The van der Waals surface area contributed by atoms with Gasteiger partial charge in [-0.05, 0) is 12.1 Å². The third-order valence-corrected chi connectivity index (χ3v) is 2.64. The number of aromatic amines is 1. The summed E-state index contributed by atoms with van der Waals surface area (Å²) in [7, 11) is 0. The van der Waals surface area contributed by atoms with Crippen molar-refractivity contribution in [3.8, 4) is 0 Å². The van der Waals surface area contributed by atoms with Gasteiger partial charge in [-0.2, -0.15) is 0 Å². The van der Waals surface area contributed by atoms with Gasteiger partial charge < -0.3 is 14.5 Å². The molecule has 0 saturated heterocycles. The lowest BCUT2D eigenvalue weighted by molar-refractivity contribution is 0.0695. The van der Waals surface area contributed by atoms with E-state index in [9.17, 15) is 9.59 Å². The lowest BCUT2D eigenvalue weighted by atomic mass is 10.2. The van der Waals surface area contributed by atoms with Crippen molar-refractivity contribution in [2.45, 2.75) is 0 Å². The fourth-order valence-electron chi connectivity index (χ4n) is 1.84. The summed E-state index contributed by atoms with van der Waals surface area (Å²) in [5.41, 5.74) is 0.194. The molecule has 3 aromatic rings. The number of nitrogens with one attached hydrogen (secondary N) is 1. The van der Waals surface area contributed by atoms with Gasteiger partial charge in [0.1, 0.15) is 11.1 Å². The van der Waals surface area contributed by atoms with Gasteiger partial charge in [0, 0.05) is 11.6 Å². The van der Waals surface area contributed by atoms with Gasteiger partial charge in [0.25, 0.3) is 0 Å². The van der Waals surface area contributed by atoms with E-state index in [1.807, 2.05) is 6.07 Å². The van der Waals surface area contributed by atoms with Crippen LogP contribution in [0.4, 0.5) is 0 Å². The fourth-order valence-corrected chi connectivity index (χ4v) is 1.84. The lowest BCUT2D eigenvalue weighted by Gasteiger charge is -1.93. The number of carboxylic acid groups (broad SMARTS) is 1. The molecule has 3 rings (SSSR count). The number of aromatic nitrogens is 1. The van der Waals surface area contributed by atoms with Crippen molar-refractivity contribution in [2.24, 2.45) is 0 Å². The Kier molecular flexibility index (Phi) is 1.82. The third kappa shape index (κ3) is 1.25. The first-order valence-corrected chi connectivity index (χ1v) is 4.94. The van der Waals surface area contributed by atoms with Crippen molar-refractivity contribution >= 4 is 28.0 Å². The van der Waals surface area contributed by atoms with Crippen molar-refractivity contribution in [1.82, 2.24) is 4.98 Å². The van der Waals surface area contributed by atoms with Crippen LogP contribution in [0.15, 0.2) is 39.7 Å². The topological polar surface area (TPSA) is 83.3 Å². The molecule has 5 nitrogen and oxygen atoms in total. The quantitative estimate of drug-likeness (QED) is 0.668. The third-order valence-electron chi connectivity index (χ3n) is 2.64. The van der Waals surface area contributed by atoms with Gasteiger partial charge in [-0.1, -0.05) is 12.1 Å². The highest BCUT2D eigenvalue weighted by Crippen LogP contribution is 2.24. The molecule has 84 valence electrons. The highest BCUT2D eigenvalue weighted by atomic mass is 16.4. The van der Waals surface area contributed by atoms with Crippen molar-refractivity contribution in [1.29, 1.82) is 0 Å². The molecule has 1 aromatic carbocycles. The zero-order valence-corrected chi connectivity index (χ0v) is 8.56. The first-order valence-electron chi connectivity index (χ1n) is 4.94. The van der Waals surface area contributed by atoms with E-state index < -0.39 is 11.4 Å². The van der Waals surface area contributed by atoms with Crippen molar-refractivity contribution in [2.75, 3.05) is 0 Å². The maximum atomic E-state index is 11.8. The summed E-state index contributed by atoms with van der Waals surface area (Å²) in [5, 5.41) is 9.60. The summed E-state index contributed by atoms with van der Waals surface area (Å²) < 4.78 is 5.37. The zero-order valence-electron chi connectivity index (χ0n) is 8.56. The van der Waals surface area contributed by atoms with Crippen LogP contribution < -0.4 is 5.43 Å². The largest absolute Gasteiger partial charge is 0.477 e. The maximum absolute atomic E-state index is 11.8. The van der Waals surface area contributed by atoms with Crippen LogP contribution in [0.1, 0.15) is 10.4 Å². The number of hydrogen-bond donors (Lipinski definition) is 2. The summed E-state index contributed by atoms with van der Waals surface area (Å²) in [6.07, 6.45) is 1.19. The average molecular weight is 229 g/mol. The van der Waals surface area contributed by atoms with Crippen LogP contribution in [0.2, 0.25) is 0 Å². The minimum Gasteiger partial charge on any atom is -0.477 e. The number of benzene rings is 1. The van der Waals surface area contributed by atoms with Gasteiger partial charge in [-0.3, -0.25) is 4.79 Å². The normalized spacial score (nSPS) is 11.1. The number of para-hydroxylation sites is 1. The molecule has 2 heterocycles. The van der Waals surface area contributed by atoms with Crippen LogP contribution in [0.3, 0.4) is 0 Å². The molecule has 0 aliphatic rings. The number of carbonyl (C=O) groups is 1. The number of furan rings is 1. The van der Waals surface area contributed by atoms with Crippen LogP contribution in [0, 0.1) is 0 Å². The minimum atomic E-state index is -1.27. The number of H-pyrrole nitrogens is 1. The number of carboxylic acids is 1. The summed E-state index contributed by atoms with van der Waals surface area (Å²) in [5.74, 6) is -1.27. The Morgan fingerprint density at radius 2 is 2.06 bits per heavy atom. The summed E-state index contributed by atoms with van der Waals surface area (Å²) >= 11 is 0. The smallest absolute Gasteiger partial charge is 0.341 e. The number of hydrogen-bond acceptors (Lipinski definition) is 3. The predicted octanol–water partition coefficient (Wildman–Crippen LogP) is 1.97. The van der Waals surface area contributed by atoms with Gasteiger partial charge in [0.05, 0.1) is 5.52 Å². The van der Waals surface area contributed by atoms with Gasteiger partial charge in [0.2, 0.25) is 5.43 Å². The summed E-state index contributed by atoms with van der Waals surface area (Å²) in [6.45, 7) is 0. The molecule has 0 spiro atoms. The molecule has 5 heteroatoms. The van der Waals surface area contributed by atoms with Gasteiger partial charge in [0.15, 0.2) is 5.58 Å². The SMILES string of the molecule is O=C(O)c1c[nH]c2c(oc3ccccc32)c1=O. The van der Waals surface area contributed by atoms with Gasteiger partial charge in [-0.25, -0.2) is 4.79 Å². The second-order valence-electron chi connectivity index (χ2n) is 3.64. The monoisotopic (exact) mass is 229 g/mol. The Hall–Kier alpha value is -2.56. The standard InChI is InChI=1S/C12H7NO4/c14-10-7(12(15)16)5-13-9-6-3-1-2-4-8(6)17-11(9)10/h1-5H,(H,13,14)(H,15,16). The molecule has 0 aliphatic heterocycles. The van der Waals surface area contributed by atoms with E-state index in [1.54, 1.807) is 18.2 Å². The summed E-state index contributed by atoms with van der Waals surface area (Å²) in [6, 6.07) is 7.13. The molecule has 0 aliphatic carbocycles. The highest BCUT2D eigenvalue weighted by Gasteiger charge is 2.16. The average Bonchev–Trinajstić information content (AvgIpc) is 2.69. The summed E-state index contributed by atoms with van der Waals surface area (Å²) in [4.78, 5) is 25.5. The number of pyridine rings is 1. The molecule has 0 amide bonds. The molecule has 0 saturated carbocycles. The molecule has 0 radical (unpaired) electrons. The number of rotatable bonds is 1. The van der Waals surface area contributed by atoms with Crippen LogP contribution >= 0.6 is 0 Å². The van der Waals surface area contributed by atoms with Gasteiger partial charge >= 0.3 is 5.97 Å². The molecular formula is C12H7NO4. The maximum Gasteiger partial charge on any atom is 0.341 e. The van der Waals surface area contributed by atoms with Crippen molar-refractivity contribution in [3.63, 3.8) is 0 Å². The van der Waals surface area contributed by atoms with Crippen molar-refractivity contribution < 1.29 is 14.3 Å². The number of fused-ring (bicyclic) bond motifs is 3. The predicted molar refractivity (Wildman–Crippen MR) is 61.3 cm³/mol. The first kappa shape index (κ1) is 9.65. The fraction of sp³-hybridized carbons (Fsp3) is 0. The van der Waals surface area contributed by atoms with E-state index in [4.69, 9.17) is 9.52 Å². The van der Waals surface area contributed by atoms with E-state index in [-0.39, 0.29) is 11.1 Å². The highest BCUT2D eigenvalue weighted by molar-refractivity contribution is 6.03. The molecule has 0 unspecified atom stereocenters. The van der Waals surface area contributed by atoms with Crippen LogP contribution in [-0.2, 0) is 0 Å².